The predicted octanol–water partition coefficient (Wildman–Crippen LogP) is 3.48. The summed E-state index contributed by atoms with van der Waals surface area (Å²) in [7, 11) is 1.67. The van der Waals surface area contributed by atoms with E-state index in [4.69, 9.17) is 10.5 Å². The molecule has 1 unspecified atom stereocenters. The number of hydrogen-bond acceptors (Lipinski definition) is 4. The van der Waals surface area contributed by atoms with Gasteiger partial charge in [-0.1, -0.05) is 18.2 Å². The second-order valence-electron chi connectivity index (χ2n) is 5.79. The Morgan fingerprint density at radius 3 is 2.60 bits per heavy atom. The van der Waals surface area contributed by atoms with Gasteiger partial charge in [-0.15, -0.1) is 0 Å². The fourth-order valence-corrected chi connectivity index (χ4v) is 3.01. The zero-order valence-corrected chi connectivity index (χ0v) is 13.8. The average Bonchev–Trinajstić information content (AvgIpc) is 3.11. The maximum atomic E-state index is 6.39. The summed E-state index contributed by atoms with van der Waals surface area (Å²) in [4.78, 5) is 8.59. The Hall–Kier alpha value is -3.18. The predicted molar refractivity (Wildman–Crippen MR) is 97.9 cm³/mol. The first kappa shape index (κ1) is 15.4. The Morgan fingerprint density at radius 1 is 1.00 bits per heavy atom. The van der Waals surface area contributed by atoms with E-state index in [0.29, 0.717) is 0 Å². The smallest absolute Gasteiger partial charge is 0.142 e. The van der Waals surface area contributed by atoms with E-state index in [1.807, 2.05) is 65.5 Å². The second kappa shape index (κ2) is 6.37. The number of nitrogens with zero attached hydrogens (tertiary/aromatic N) is 3. The minimum absolute atomic E-state index is 0.205. The minimum Gasteiger partial charge on any atom is -0.495 e. The van der Waals surface area contributed by atoms with Crippen molar-refractivity contribution in [3.8, 4) is 11.4 Å². The number of benzene rings is 2. The fourth-order valence-electron chi connectivity index (χ4n) is 3.01. The van der Waals surface area contributed by atoms with Crippen molar-refractivity contribution in [2.75, 3.05) is 7.11 Å². The summed E-state index contributed by atoms with van der Waals surface area (Å²) in [5.41, 5.74) is 11.3. The molecule has 2 aromatic heterocycles. The van der Waals surface area contributed by atoms with E-state index in [9.17, 15) is 0 Å². The van der Waals surface area contributed by atoms with Crippen LogP contribution in [0.25, 0.3) is 16.7 Å². The minimum atomic E-state index is -0.205. The van der Waals surface area contributed by atoms with Crippen LogP contribution in [0.3, 0.4) is 0 Å². The van der Waals surface area contributed by atoms with Crippen molar-refractivity contribution in [3.63, 3.8) is 0 Å². The number of para-hydroxylation sites is 2. The van der Waals surface area contributed by atoms with Gasteiger partial charge in [-0.3, -0.25) is 9.55 Å². The summed E-state index contributed by atoms with van der Waals surface area (Å²) in [5.74, 6) is 0.805. The van der Waals surface area contributed by atoms with Crippen molar-refractivity contribution < 1.29 is 4.74 Å². The molecule has 0 amide bonds. The molecule has 1 atom stereocenters. The standard InChI is InChI=1S/C20H18N4O/c1-25-19-5-3-2-4-18(19)24-13-23-16-12-15(6-7-17(16)24)20(21)14-8-10-22-11-9-14/h2-13,20H,21H2,1H3. The number of rotatable bonds is 4. The number of nitrogens with two attached hydrogens (primary N) is 1. The largest absolute Gasteiger partial charge is 0.495 e. The van der Waals surface area contributed by atoms with Crippen LogP contribution >= 0.6 is 0 Å². The molecule has 25 heavy (non-hydrogen) atoms. The summed E-state index contributed by atoms with van der Waals surface area (Å²) in [6.07, 6.45) is 5.32. The second-order valence-corrected chi connectivity index (χ2v) is 5.79. The van der Waals surface area contributed by atoms with Gasteiger partial charge in [0.05, 0.1) is 29.9 Å². The maximum Gasteiger partial charge on any atom is 0.142 e. The summed E-state index contributed by atoms with van der Waals surface area (Å²) in [6, 6.07) is 17.7. The number of aromatic nitrogens is 3. The van der Waals surface area contributed by atoms with Crippen molar-refractivity contribution >= 4 is 11.0 Å². The van der Waals surface area contributed by atoms with Gasteiger partial charge in [0.2, 0.25) is 0 Å². The SMILES string of the molecule is COc1ccccc1-n1cnc2cc(C(N)c3ccncc3)ccc21. The molecule has 0 aliphatic rings. The van der Waals surface area contributed by atoms with Gasteiger partial charge in [-0.2, -0.15) is 0 Å². The lowest BCUT2D eigenvalue weighted by molar-refractivity contribution is 0.413. The molecule has 0 aliphatic heterocycles. The molecule has 0 radical (unpaired) electrons. The molecule has 124 valence electrons. The molecule has 0 fully saturated rings. The topological polar surface area (TPSA) is 66.0 Å². The third-order valence-corrected chi connectivity index (χ3v) is 4.34. The number of methoxy groups -OCH3 is 1. The molecule has 2 heterocycles. The Bertz CT molecular complexity index is 1010. The molecule has 5 heteroatoms. The lowest BCUT2D eigenvalue weighted by Gasteiger charge is -2.13. The molecule has 0 spiro atoms. The molecule has 5 nitrogen and oxygen atoms in total. The van der Waals surface area contributed by atoms with Gasteiger partial charge < -0.3 is 10.5 Å². The monoisotopic (exact) mass is 330 g/mol. The molecular weight excluding hydrogens is 312 g/mol. The number of imidazole rings is 1. The normalized spacial score (nSPS) is 12.2. The molecule has 0 saturated carbocycles. The Morgan fingerprint density at radius 2 is 1.80 bits per heavy atom. The van der Waals surface area contributed by atoms with Crippen molar-refractivity contribution in [3.05, 3.63) is 84.4 Å². The van der Waals surface area contributed by atoms with Crippen LogP contribution in [-0.2, 0) is 0 Å². The van der Waals surface area contributed by atoms with Gasteiger partial charge in [0.1, 0.15) is 12.1 Å². The van der Waals surface area contributed by atoms with Crippen LogP contribution in [0.1, 0.15) is 17.2 Å². The van der Waals surface area contributed by atoms with E-state index >= 15 is 0 Å². The fraction of sp³-hybridized carbons (Fsp3) is 0.100. The quantitative estimate of drug-likeness (QED) is 0.622. The average molecular weight is 330 g/mol. The van der Waals surface area contributed by atoms with Crippen LogP contribution in [0.5, 0.6) is 5.75 Å². The highest BCUT2D eigenvalue weighted by molar-refractivity contribution is 5.79. The van der Waals surface area contributed by atoms with Crippen LogP contribution in [-0.4, -0.2) is 21.6 Å². The molecule has 2 aromatic carbocycles. The number of fused-ring (bicyclic) bond motifs is 1. The molecular formula is C20H18N4O. The van der Waals surface area contributed by atoms with Crippen LogP contribution in [0.15, 0.2) is 73.3 Å². The van der Waals surface area contributed by atoms with Gasteiger partial charge >= 0.3 is 0 Å². The summed E-state index contributed by atoms with van der Waals surface area (Å²) < 4.78 is 7.49. The Kier molecular flexibility index (Phi) is 3.91. The van der Waals surface area contributed by atoms with E-state index in [1.165, 1.54) is 0 Å². The van der Waals surface area contributed by atoms with Crippen LogP contribution < -0.4 is 10.5 Å². The molecule has 0 aliphatic carbocycles. The number of pyridine rings is 1. The van der Waals surface area contributed by atoms with Crippen molar-refractivity contribution in [1.29, 1.82) is 0 Å². The summed E-state index contributed by atoms with van der Waals surface area (Å²) >= 11 is 0. The van der Waals surface area contributed by atoms with Gasteiger partial charge in [0, 0.05) is 12.4 Å². The highest BCUT2D eigenvalue weighted by atomic mass is 16.5. The Balaban J connectivity index is 1.77. The highest BCUT2D eigenvalue weighted by Crippen LogP contribution is 2.28. The van der Waals surface area contributed by atoms with Gasteiger partial charge in [-0.25, -0.2) is 4.98 Å². The first-order valence-corrected chi connectivity index (χ1v) is 8.04. The van der Waals surface area contributed by atoms with Crippen molar-refractivity contribution in [1.82, 2.24) is 14.5 Å². The first-order chi connectivity index (χ1) is 12.3. The van der Waals surface area contributed by atoms with E-state index in [-0.39, 0.29) is 6.04 Å². The molecule has 2 N–H and O–H groups in total. The third kappa shape index (κ3) is 2.75. The van der Waals surface area contributed by atoms with E-state index < -0.39 is 0 Å². The van der Waals surface area contributed by atoms with Gasteiger partial charge in [0.25, 0.3) is 0 Å². The van der Waals surface area contributed by atoms with Crippen LogP contribution in [0.4, 0.5) is 0 Å². The molecule has 0 bridgehead atoms. The van der Waals surface area contributed by atoms with E-state index in [2.05, 4.69) is 9.97 Å². The van der Waals surface area contributed by atoms with Crippen LogP contribution in [0.2, 0.25) is 0 Å². The Labute approximate surface area is 145 Å². The van der Waals surface area contributed by atoms with Gasteiger partial charge in [0.15, 0.2) is 0 Å². The van der Waals surface area contributed by atoms with Crippen molar-refractivity contribution in [2.24, 2.45) is 5.73 Å². The van der Waals surface area contributed by atoms with E-state index in [0.717, 1.165) is 33.6 Å². The zero-order valence-electron chi connectivity index (χ0n) is 13.8. The lowest BCUT2D eigenvalue weighted by Crippen LogP contribution is -2.11. The maximum absolute atomic E-state index is 6.39. The first-order valence-electron chi connectivity index (χ1n) is 8.04. The van der Waals surface area contributed by atoms with Gasteiger partial charge in [-0.05, 0) is 47.5 Å². The highest BCUT2D eigenvalue weighted by Gasteiger charge is 2.13. The third-order valence-electron chi connectivity index (χ3n) is 4.34. The molecule has 4 rings (SSSR count). The summed E-state index contributed by atoms with van der Waals surface area (Å²) in [6.45, 7) is 0. The van der Waals surface area contributed by atoms with Crippen LogP contribution in [0, 0.1) is 0 Å². The molecule has 0 saturated heterocycles. The molecule has 4 aromatic rings. The van der Waals surface area contributed by atoms with E-state index in [1.54, 1.807) is 19.5 Å². The number of hydrogen-bond donors (Lipinski definition) is 1. The summed E-state index contributed by atoms with van der Waals surface area (Å²) in [5, 5.41) is 0. The zero-order chi connectivity index (χ0) is 17.2. The lowest BCUT2D eigenvalue weighted by atomic mass is 10.0. The van der Waals surface area contributed by atoms with Crippen molar-refractivity contribution in [2.45, 2.75) is 6.04 Å². The number of ether oxygens (including phenoxy) is 1.